The third-order valence-electron chi connectivity index (χ3n) is 7.62. The van der Waals surface area contributed by atoms with Crippen molar-refractivity contribution < 1.29 is 9.59 Å². The largest absolute Gasteiger partial charge is 0.338 e. The highest BCUT2D eigenvalue weighted by atomic mass is 16.2. The number of amides is 2. The van der Waals surface area contributed by atoms with Crippen LogP contribution in [-0.2, 0) is 24.1 Å². The summed E-state index contributed by atoms with van der Waals surface area (Å²) in [5.41, 5.74) is 8.87. The maximum atomic E-state index is 12.4. The van der Waals surface area contributed by atoms with Gasteiger partial charge in [-0.05, 0) is 89.2 Å². The summed E-state index contributed by atoms with van der Waals surface area (Å²) in [4.78, 5) is 26.5. The van der Waals surface area contributed by atoms with E-state index in [-0.39, 0.29) is 6.03 Å². The molecule has 0 aromatic heterocycles. The van der Waals surface area contributed by atoms with E-state index in [2.05, 4.69) is 90.1 Å². The maximum Gasteiger partial charge on any atom is 0.319 e. The van der Waals surface area contributed by atoms with E-state index >= 15 is 0 Å². The number of benzene rings is 4. The molecule has 5 nitrogen and oxygen atoms in total. The highest BCUT2D eigenvalue weighted by molar-refractivity contribution is 5.89. The molecule has 0 saturated heterocycles. The first-order chi connectivity index (χ1) is 20.5. The second-order valence-corrected chi connectivity index (χ2v) is 11.0. The summed E-state index contributed by atoms with van der Waals surface area (Å²) < 4.78 is 0. The predicted molar refractivity (Wildman–Crippen MR) is 172 cm³/mol. The van der Waals surface area contributed by atoms with Crippen molar-refractivity contribution in [2.45, 2.75) is 58.8 Å². The van der Waals surface area contributed by atoms with Gasteiger partial charge in [-0.2, -0.15) is 4.99 Å². The van der Waals surface area contributed by atoms with Crippen LogP contribution in [0.1, 0.15) is 72.9 Å². The predicted octanol–water partition coefficient (Wildman–Crippen LogP) is 8.76. The van der Waals surface area contributed by atoms with Crippen LogP contribution in [0, 0.1) is 5.92 Å². The van der Waals surface area contributed by atoms with E-state index < -0.39 is 0 Å². The lowest BCUT2D eigenvalue weighted by Gasteiger charge is -2.15. The van der Waals surface area contributed by atoms with Crippen LogP contribution in [0.4, 0.5) is 16.2 Å². The average molecular weight is 560 g/mol. The van der Waals surface area contributed by atoms with Gasteiger partial charge < -0.3 is 10.6 Å². The minimum atomic E-state index is -0.142. The van der Waals surface area contributed by atoms with Crippen molar-refractivity contribution in [2.24, 2.45) is 10.9 Å². The standard InChI is InChI=1S/C37H41N3O2/c1-3-5-8-28(4-2)26-38-37(42)40-36-19-15-30(16-20-36)22-32-10-7-12-34(24-32)25-33-11-6-9-31(23-33)21-29-13-17-35(18-14-29)39-27-41/h6-7,9-20,23-24,28H,3-5,8,21-22,25-26H2,1-2H3,(H2,38,40,42). The fourth-order valence-electron chi connectivity index (χ4n) is 5.21. The van der Waals surface area contributed by atoms with E-state index in [4.69, 9.17) is 0 Å². The van der Waals surface area contributed by atoms with E-state index in [1.807, 2.05) is 36.4 Å². The quantitative estimate of drug-likeness (QED) is 0.120. The van der Waals surface area contributed by atoms with Crippen molar-refractivity contribution in [3.05, 3.63) is 130 Å². The van der Waals surface area contributed by atoms with Gasteiger partial charge in [0.25, 0.3) is 0 Å². The number of rotatable bonds is 14. The molecule has 0 bridgehead atoms. The van der Waals surface area contributed by atoms with Crippen LogP contribution in [0.25, 0.3) is 0 Å². The molecule has 0 spiro atoms. The van der Waals surface area contributed by atoms with Crippen molar-refractivity contribution in [1.29, 1.82) is 0 Å². The lowest BCUT2D eigenvalue weighted by Crippen LogP contribution is -2.33. The summed E-state index contributed by atoms with van der Waals surface area (Å²) in [5.74, 6) is 0.535. The zero-order valence-electron chi connectivity index (χ0n) is 24.7. The van der Waals surface area contributed by atoms with Crippen LogP contribution in [0.5, 0.6) is 0 Å². The number of aliphatic imine (C=N–C) groups is 1. The second-order valence-electron chi connectivity index (χ2n) is 11.0. The van der Waals surface area contributed by atoms with E-state index in [0.717, 1.165) is 37.8 Å². The van der Waals surface area contributed by atoms with E-state index in [1.54, 1.807) is 6.08 Å². The Labute approximate surface area is 250 Å². The number of anilines is 1. The topological polar surface area (TPSA) is 70.6 Å². The number of carbonyl (C=O) groups is 1. The summed E-state index contributed by atoms with van der Waals surface area (Å²) in [7, 11) is 0. The summed E-state index contributed by atoms with van der Waals surface area (Å²) >= 11 is 0. The van der Waals surface area contributed by atoms with Crippen LogP contribution in [0.15, 0.2) is 102 Å². The Morgan fingerprint density at radius 3 is 1.76 bits per heavy atom. The number of hydrogen-bond donors (Lipinski definition) is 2. The molecule has 5 heteroatoms. The first-order valence-corrected chi connectivity index (χ1v) is 15.0. The Hall–Kier alpha value is -4.47. The molecule has 42 heavy (non-hydrogen) atoms. The number of urea groups is 1. The Bertz CT molecular complexity index is 1470. The number of hydrogen-bond acceptors (Lipinski definition) is 3. The smallest absolute Gasteiger partial charge is 0.319 e. The maximum absolute atomic E-state index is 12.4. The zero-order chi connectivity index (χ0) is 29.6. The number of unbranched alkanes of at least 4 members (excludes halogenated alkanes) is 1. The Balaban J connectivity index is 1.30. The summed E-state index contributed by atoms with van der Waals surface area (Å²) in [6, 6.07) is 33.1. The molecule has 1 unspecified atom stereocenters. The van der Waals surface area contributed by atoms with Crippen LogP contribution in [0.3, 0.4) is 0 Å². The average Bonchev–Trinajstić information content (AvgIpc) is 3.00. The van der Waals surface area contributed by atoms with Crippen LogP contribution in [0.2, 0.25) is 0 Å². The van der Waals surface area contributed by atoms with Crippen LogP contribution < -0.4 is 10.6 Å². The molecular formula is C37H41N3O2. The Kier molecular flexibility index (Phi) is 11.7. The van der Waals surface area contributed by atoms with Gasteiger partial charge in [0, 0.05) is 12.2 Å². The molecule has 4 aromatic rings. The van der Waals surface area contributed by atoms with Gasteiger partial charge in [0.05, 0.1) is 5.69 Å². The third kappa shape index (κ3) is 9.87. The van der Waals surface area contributed by atoms with Crippen molar-refractivity contribution in [3.8, 4) is 0 Å². The molecule has 0 saturated carbocycles. The monoisotopic (exact) mass is 559 g/mol. The van der Waals surface area contributed by atoms with Crippen molar-refractivity contribution >= 4 is 23.5 Å². The molecular weight excluding hydrogens is 518 g/mol. The fraction of sp³-hybridized carbons (Fsp3) is 0.297. The molecule has 2 N–H and O–H groups in total. The fourth-order valence-corrected chi connectivity index (χ4v) is 5.21. The van der Waals surface area contributed by atoms with Gasteiger partial charge in [-0.15, -0.1) is 0 Å². The number of isocyanates is 1. The summed E-state index contributed by atoms with van der Waals surface area (Å²) in [6.45, 7) is 5.10. The second kappa shape index (κ2) is 16.1. The summed E-state index contributed by atoms with van der Waals surface area (Å²) in [6.07, 6.45) is 8.74. The third-order valence-corrected chi connectivity index (χ3v) is 7.62. The highest BCUT2D eigenvalue weighted by Gasteiger charge is 2.09. The van der Waals surface area contributed by atoms with Gasteiger partial charge in [-0.25, -0.2) is 9.59 Å². The van der Waals surface area contributed by atoms with Crippen LogP contribution >= 0.6 is 0 Å². The molecule has 0 heterocycles. The van der Waals surface area contributed by atoms with Gasteiger partial charge in [-0.1, -0.05) is 106 Å². The van der Waals surface area contributed by atoms with Crippen molar-refractivity contribution in [3.63, 3.8) is 0 Å². The molecule has 0 radical (unpaired) electrons. The normalized spacial score (nSPS) is 11.4. The van der Waals surface area contributed by atoms with Gasteiger partial charge in [0.2, 0.25) is 6.08 Å². The minimum absolute atomic E-state index is 0.142. The Morgan fingerprint density at radius 1 is 0.738 bits per heavy atom. The van der Waals surface area contributed by atoms with Gasteiger partial charge in [0.1, 0.15) is 0 Å². The Morgan fingerprint density at radius 2 is 1.26 bits per heavy atom. The number of carbonyl (C=O) groups excluding carboxylic acids is 2. The van der Waals surface area contributed by atoms with E-state index in [9.17, 15) is 9.59 Å². The van der Waals surface area contributed by atoms with Gasteiger partial charge in [0.15, 0.2) is 0 Å². The van der Waals surface area contributed by atoms with Crippen molar-refractivity contribution in [1.82, 2.24) is 5.32 Å². The van der Waals surface area contributed by atoms with Crippen LogP contribution in [-0.4, -0.2) is 18.7 Å². The van der Waals surface area contributed by atoms with E-state index in [1.165, 1.54) is 46.2 Å². The van der Waals surface area contributed by atoms with E-state index in [0.29, 0.717) is 18.2 Å². The number of nitrogens with one attached hydrogen (secondary N) is 2. The first-order valence-electron chi connectivity index (χ1n) is 15.0. The molecule has 4 rings (SSSR count). The highest BCUT2D eigenvalue weighted by Crippen LogP contribution is 2.20. The van der Waals surface area contributed by atoms with Crippen molar-refractivity contribution in [2.75, 3.05) is 11.9 Å². The molecule has 0 aliphatic carbocycles. The molecule has 216 valence electrons. The molecule has 0 fully saturated rings. The first kappa shape index (κ1) is 30.5. The molecule has 1 atom stereocenters. The minimum Gasteiger partial charge on any atom is -0.338 e. The zero-order valence-corrected chi connectivity index (χ0v) is 24.7. The van der Waals surface area contributed by atoms with Gasteiger partial charge >= 0.3 is 6.03 Å². The SMILES string of the molecule is CCCCC(CC)CNC(=O)Nc1ccc(Cc2cccc(Cc3cccc(Cc4ccc(N=C=O)cc4)c3)c2)cc1. The summed E-state index contributed by atoms with van der Waals surface area (Å²) in [5, 5.41) is 5.99. The lowest BCUT2D eigenvalue weighted by atomic mass is 9.97. The molecule has 4 aromatic carbocycles. The molecule has 0 aliphatic rings. The van der Waals surface area contributed by atoms with Gasteiger partial charge in [-0.3, -0.25) is 0 Å². The number of nitrogens with zero attached hydrogens (tertiary/aromatic N) is 1. The lowest BCUT2D eigenvalue weighted by molar-refractivity contribution is 0.249. The molecule has 2 amide bonds. The molecule has 0 aliphatic heterocycles.